The van der Waals surface area contributed by atoms with Crippen molar-refractivity contribution in [3.63, 3.8) is 0 Å². The summed E-state index contributed by atoms with van der Waals surface area (Å²) < 4.78 is 0.939. The van der Waals surface area contributed by atoms with E-state index < -0.39 is 0 Å². The fourth-order valence-corrected chi connectivity index (χ4v) is 3.50. The summed E-state index contributed by atoms with van der Waals surface area (Å²) in [7, 11) is 1.81. The molecular weight excluding hydrogens is 454 g/mol. The number of para-hydroxylation sites is 1. The molecule has 1 aromatic heterocycles. The van der Waals surface area contributed by atoms with E-state index in [4.69, 9.17) is 0 Å². The zero-order valence-electron chi connectivity index (χ0n) is 17.2. The number of carbonyl (C=O) groups is 1. The Kier molecular flexibility index (Phi) is 6.13. The Morgan fingerprint density at radius 1 is 0.968 bits per heavy atom. The number of rotatable bonds is 6. The quantitative estimate of drug-likeness (QED) is 0.337. The van der Waals surface area contributed by atoms with Crippen LogP contribution in [0.2, 0.25) is 0 Å². The standard InChI is InChI=1S/C24H22BrN5O/c1-15-4-3-5-20-21(15)29-24(26-2)30-22(20)27-14-16-6-12-19(13-7-16)28-23(31)17-8-10-18(25)11-9-17/h3-13H,14H2,1-2H3,(H,28,31)(H2,26,27,29,30). The molecule has 0 aliphatic rings. The number of fused-ring (bicyclic) bond motifs is 1. The molecule has 0 aliphatic heterocycles. The number of nitrogens with one attached hydrogen (secondary N) is 3. The third-order valence-electron chi connectivity index (χ3n) is 4.93. The van der Waals surface area contributed by atoms with Crippen LogP contribution in [-0.4, -0.2) is 22.9 Å². The van der Waals surface area contributed by atoms with E-state index in [1.165, 1.54) is 0 Å². The van der Waals surface area contributed by atoms with Crippen molar-refractivity contribution < 1.29 is 4.79 Å². The summed E-state index contributed by atoms with van der Waals surface area (Å²) in [4.78, 5) is 21.5. The monoisotopic (exact) mass is 475 g/mol. The van der Waals surface area contributed by atoms with Crippen molar-refractivity contribution in [2.75, 3.05) is 23.0 Å². The number of benzene rings is 3. The molecule has 7 heteroatoms. The van der Waals surface area contributed by atoms with Crippen LogP contribution in [0.3, 0.4) is 0 Å². The van der Waals surface area contributed by atoms with Crippen LogP contribution >= 0.6 is 15.9 Å². The van der Waals surface area contributed by atoms with Crippen LogP contribution in [0.25, 0.3) is 10.9 Å². The Morgan fingerprint density at radius 3 is 2.42 bits per heavy atom. The fourth-order valence-electron chi connectivity index (χ4n) is 3.24. The van der Waals surface area contributed by atoms with E-state index in [-0.39, 0.29) is 5.91 Å². The van der Waals surface area contributed by atoms with E-state index in [1.807, 2.05) is 68.6 Å². The molecular formula is C24H22BrN5O. The number of nitrogens with zero attached hydrogens (tertiary/aromatic N) is 2. The first-order chi connectivity index (χ1) is 15.0. The third kappa shape index (κ3) is 4.83. The zero-order valence-corrected chi connectivity index (χ0v) is 18.8. The fraction of sp³-hybridized carbons (Fsp3) is 0.125. The molecule has 0 unspecified atom stereocenters. The summed E-state index contributed by atoms with van der Waals surface area (Å²) in [5, 5.41) is 10.3. The summed E-state index contributed by atoms with van der Waals surface area (Å²) >= 11 is 3.38. The molecule has 0 radical (unpaired) electrons. The number of aryl methyl sites for hydroxylation is 1. The number of hydrogen-bond acceptors (Lipinski definition) is 5. The maximum absolute atomic E-state index is 12.4. The highest BCUT2D eigenvalue weighted by Crippen LogP contribution is 2.25. The molecule has 0 spiro atoms. The molecule has 3 aromatic carbocycles. The Bertz CT molecular complexity index is 1220. The predicted octanol–water partition coefficient (Wildman–Crippen LogP) is 5.61. The van der Waals surface area contributed by atoms with Gasteiger partial charge in [-0.1, -0.05) is 40.2 Å². The van der Waals surface area contributed by atoms with Crippen LogP contribution in [-0.2, 0) is 6.54 Å². The molecule has 156 valence electrons. The highest BCUT2D eigenvalue weighted by Gasteiger charge is 2.09. The van der Waals surface area contributed by atoms with Gasteiger partial charge in [-0.2, -0.15) is 4.98 Å². The number of anilines is 3. The van der Waals surface area contributed by atoms with Gasteiger partial charge in [0.1, 0.15) is 5.82 Å². The molecule has 4 rings (SSSR count). The van der Waals surface area contributed by atoms with Crippen LogP contribution in [0.1, 0.15) is 21.5 Å². The number of halogens is 1. The van der Waals surface area contributed by atoms with Gasteiger partial charge in [0.2, 0.25) is 5.95 Å². The molecule has 0 saturated carbocycles. The average Bonchev–Trinajstić information content (AvgIpc) is 2.79. The van der Waals surface area contributed by atoms with Crippen molar-refractivity contribution in [1.82, 2.24) is 9.97 Å². The molecule has 0 aliphatic carbocycles. The van der Waals surface area contributed by atoms with Crippen LogP contribution in [0.4, 0.5) is 17.5 Å². The molecule has 1 amide bonds. The van der Waals surface area contributed by atoms with Gasteiger partial charge in [-0.3, -0.25) is 4.79 Å². The Hall–Kier alpha value is -3.45. The maximum Gasteiger partial charge on any atom is 0.255 e. The van der Waals surface area contributed by atoms with E-state index in [9.17, 15) is 4.79 Å². The lowest BCUT2D eigenvalue weighted by molar-refractivity contribution is 0.102. The summed E-state index contributed by atoms with van der Waals surface area (Å²) in [6, 6.07) is 21.1. The first kappa shape index (κ1) is 20.8. The van der Waals surface area contributed by atoms with Gasteiger partial charge in [0.15, 0.2) is 0 Å². The molecule has 1 heterocycles. The molecule has 3 N–H and O–H groups in total. The van der Waals surface area contributed by atoms with Gasteiger partial charge in [0.05, 0.1) is 5.52 Å². The summed E-state index contributed by atoms with van der Waals surface area (Å²) in [6.45, 7) is 2.64. The number of hydrogen-bond donors (Lipinski definition) is 3. The molecule has 0 bridgehead atoms. The van der Waals surface area contributed by atoms with E-state index in [2.05, 4.69) is 41.8 Å². The molecule has 0 saturated heterocycles. The SMILES string of the molecule is CNc1nc(NCc2ccc(NC(=O)c3ccc(Br)cc3)cc2)c2cccc(C)c2n1. The van der Waals surface area contributed by atoms with E-state index >= 15 is 0 Å². The smallest absolute Gasteiger partial charge is 0.255 e. The van der Waals surface area contributed by atoms with Crippen LogP contribution in [0.5, 0.6) is 0 Å². The van der Waals surface area contributed by atoms with Gasteiger partial charge in [0, 0.05) is 34.7 Å². The van der Waals surface area contributed by atoms with Crippen molar-refractivity contribution >= 4 is 50.2 Å². The second-order valence-corrected chi connectivity index (χ2v) is 8.04. The highest BCUT2D eigenvalue weighted by molar-refractivity contribution is 9.10. The lowest BCUT2D eigenvalue weighted by Gasteiger charge is -2.12. The normalized spacial score (nSPS) is 10.7. The Labute approximate surface area is 189 Å². The summed E-state index contributed by atoms with van der Waals surface area (Å²) in [5.41, 5.74) is 4.46. The Balaban J connectivity index is 1.46. The van der Waals surface area contributed by atoms with Gasteiger partial charge >= 0.3 is 0 Å². The van der Waals surface area contributed by atoms with Gasteiger partial charge in [-0.25, -0.2) is 4.98 Å². The summed E-state index contributed by atoms with van der Waals surface area (Å²) in [5.74, 6) is 1.22. The van der Waals surface area contributed by atoms with Crippen molar-refractivity contribution in [3.8, 4) is 0 Å². The van der Waals surface area contributed by atoms with Crippen molar-refractivity contribution in [2.24, 2.45) is 0 Å². The number of amides is 1. The largest absolute Gasteiger partial charge is 0.365 e. The minimum atomic E-state index is -0.138. The minimum Gasteiger partial charge on any atom is -0.365 e. The van der Waals surface area contributed by atoms with E-state index in [0.29, 0.717) is 18.1 Å². The number of aromatic nitrogens is 2. The molecule has 4 aromatic rings. The van der Waals surface area contributed by atoms with E-state index in [0.717, 1.165) is 38.0 Å². The van der Waals surface area contributed by atoms with Crippen molar-refractivity contribution in [1.29, 1.82) is 0 Å². The van der Waals surface area contributed by atoms with Crippen molar-refractivity contribution in [3.05, 3.63) is 87.9 Å². The van der Waals surface area contributed by atoms with Gasteiger partial charge in [-0.05, 0) is 60.5 Å². The highest BCUT2D eigenvalue weighted by atomic mass is 79.9. The maximum atomic E-state index is 12.4. The third-order valence-corrected chi connectivity index (χ3v) is 5.46. The van der Waals surface area contributed by atoms with Crippen LogP contribution in [0.15, 0.2) is 71.2 Å². The van der Waals surface area contributed by atoms with Gasteiger partial charge in [-0.15, -0.1) is 0 Å². The first-order valence-corrected chi connectivity index (χ1v) is 10.7. The molecule has 0 fully saturated rings. The second-order valence-electron chi connectivity index (χ2n) is 7.13. The predicted molar refractivity (Wildman–Crippen MR) is 130 cm³/mol. The van der Waals surface area contributed by atoms with Crippen molar-refractivity contribution in [2.45, 2.75) is 13.5 Å². The van der Waals surface area contributed by atoms with Gasteiger partial charge < -0.3 is 16.0 Å². The van der Waals surface area contributed by atoms with Crippen LogP contribution < -0.4 is 16.0 Å². The molecule has 31 heavy (non-hydrogen) atoms. The lowest BCUT2D eigenvalue weighted by atomic mass is 10.1. The number of carbonyl (C=O) groups excluding carboxylic acids is 1. The first-order valence-electron chi connectivity index (χ1n) is 9.88. The van der Waals surface area contributed by atoms with Gasteiger partial charge in [0.25, 0.3) is 5.91 Å². The minimum absolute atomic E-state index is 0.138. The van der Waals surface area contributed by atoms with E-state index in [1.54, 1.807) is 12.1 Å². The molecule has 6 nitrogen and oxygen atoms in total. The average molecular weight is 476 g/mol. The lowest BCUT2D eigenvalue weighted by Crippen LogP contribution is -2.11. The molecule has 0 atom stereocenters. The van der Waals surface area contributed by atoms with Crippen LogP contribution in [0, 0.1) is 6.92 Å². The summed E-state index contributed by atoms with van der Waals surface area (Å²) in [6.07, 6.45) is 0. The topological polar surface area (TPSA) is 78.9 Å². The Morgan fingerprint density at radius 2 is 1.71 bits per heavy atom. The second kappa shape index (κ2) is 9.14. The zero-order chi connectivity index (χ0) is 21.8.